The summed E-state index contributed by atoms with van der Waals surface area (Å²) in [4.78, 5) is 0. The number of nitrogens with one attached hydrogen (secondary N) is 1. The van der Waals surface area contributed by atoms with Gasteiger partial charge >= 0.3 is 0 Å². The van der Waals surface area contributed by atoms with Crippen LogP contribution in [0.3, 0.4) is 0 Å². The van der Waals surface area contributed by atoms with Crippen LogP contribution in [0.15, 0.2) is 34.8 Å². The Morgan fingerprint density at radius 2 is 1.40 bits per heavy atom. The van der Waals surface area contributed by atoms with Crippen LogP contribution in [-0.4, -0.2) is 7.05 Å². The van der Waals surface area contributed by atoms with Gasteiger partial charge in [-0.3, -0.25) is 0 Å². The van der Waals surface area contributed by atoms with Gasteiger partial charge in [-0.15, -0.1) is 0 Å². The lowest BCUT2D eigenvalue weighted by molar-refractivity contribution is 0.682. The van der Waals surface area contributed by atoms with Gasteiger partial charge in [0.15, 0.2) is 0 Å². The average Bonchev–Trinajstić information content (AvgIpc) is 2.40. The SMILES string of the molecule is CNC(c1cc(Br)ccc1C)c1cc(C)c(C)cc1C. The summed E-state index contributed by atoms with van der Waals surface area (Å²) in [6.45, 7) is 8.71. The van der Waals surface area contributed by atoms with E-state index >= 15 is 0 Å². The second kappa shape index (κ2) is 6.11. The van der Waals surface area contributed by atoms with Crippen LogP contribution in [0.2, 0.25) is 0 Å². The molecule has 106 valence electrons. The molecule has 1 atom stereocenters. The van der Waals surface area contributed by atoms with Crippen molar-refractivity contribution in [3.8, 4) is 0 Å². The van der Waals surface area contributed by atoms with E-state index in [0.717, 1.165) is 4.47 Å². The van der Waals surface area contributed by atoms with Crippen molar-refractivity contribution >= 4 is 15.9 Å². The van der Waals surface area contributed by atoms with E-state index in [9.17, 15) is 0 Å². The second-order valence-corrected chi connectivity index (χ2v) is 6.43. The summed E-state index contributed by atoms with van der Waals surface area (Å²) in [7, 11) is 2.03. The van der Waals surface area contributed by atoms with Gasteiger partial charge in [-0.25, -0.2) is 0 Å². The minimum Gasteiger partial charge on any atom is -0.309 e. The van der Waals surface area contributed by atoms with Gasteiger partial charge in [0.25, 0.3) is 0 Å². The summed E-state index contributed by atoms with van der Waals surface area (Å²) in [6.07, 6.45) is 0. The van der Waals surface area contributed by atoms with Crippen molar-refractivity contribution in [3.05, 3.63) is 68.2 Å². The van der Waals surface area contributed by atoms with Crippen molar-refractivity contribution < 1.29 is 0 Å². The lowest BCUT2D eigenvalue weighted by atomic mass is 9.90. The minimum atomic E-state index is 0.229. The number of benzene rings is 2. The zero-order valence-electron chi connectivity index (χ0n) is 12.8. The Bertz CT molecular complexity index is 632. The van der Waals surface area contributed by atoms with Gasteiger partial charge in [0, 0.05) is 4.47 Å². The van der Waals surface area contributed by atoms with Gasteiger partial charge in [-0.05, 0) is 80.3 Å². The van der Waals surface area contributed by atoms with Crippen LogP contribution in [0.4, 0.5) is 0 Å². The first-order chi connectivity index (χ1) is 9.43. The molecule has 0 fully saturated rings. The summed E-state index contributed by atoms with van der Waals surface area (Å²) in [5.41, 5.74) is 8.03. The Hall–Kier alpha value is -1.12. The first kappa shape index (κ1) is 15.3. The molecule has 0 heterocycles. The Labute approximate surface area is 130 Å². The summed E-state index contributed by atoms with van der Waals surface area (Å²) < 4.78 is 1.12. The van der Waals surface area contributed by atoms with E-state index in [1.165, 1.54) is 33.4 Å². The van der Waals surface area contributed by atoms with Crippen LogP contribution in [0.1, 0.15) is 39.4 Å². The molecule has 0 aliphatic carbocycles. The molecule has 0 saturated carbocycles. The van der Waals surface area contributed by atoms with Gasteiger partial charge in [0.1, 0.15) is 0 Å². The fraction of sp³-hybridized carbons (Fsp3) is 0.333. The molecular weight excluding hydrogens is 310 g/mol. The first-order valence-electron chi connectivity index (χ1n) is 6.95. The third kappa shape index (κ3) is 2.97. The largest absolute Gasteiger partial charge is 0.309 e. The molecule has 0 amide bonds. The number of aryl methyl sites for hydroxylation is 4. The highest BCUT2D eigenvalue weighted by molar-refractivity contribution is 9.10. The third-order valence-electron chi connectivity index (χ3n) is 4.03. The molecule has 0 bridgehead atoms. The van der Waals surface area contributed by atoms with Gasteiger partial charge < -0.3 is 5.32 Å². The summed E-state index contributed by atoms with van der Waals surface area (Å²) >= 11 is 3.58. The van der Waals surface area contributed by atoms with Crippen LogP contribution in [0, 0.1) is 27.7 Å². The van der Waals surface area contributed by atoms with E-state index < -0.39 is 0 Å². The van der Waals surface area contributed by atoms with Crippen molar-refractivity contribution in [2.24, 2.45) is 0 Å². The Kier molecular flexibility index (Phi) is 4.66. The van der Waals surface area contributed by atoms with Gasteiger partial charge in [0.2, 0.25) is 0 Å². The maximum atomic E-state index is 3.58. The molecule has 0 saturated heterocycles. The fourth-order valence-corrected chi connectivity index (χ4v) is 3.07. The fourth-order valence-electron chi connectivity index (χ4n) is 2.69. The van der Waals surface area contributed by atoms with Crippen molar-refractivity contribution in [1.82, 2.24) is 5.32 Å². The highest BCUT2D eigenvalue weighted by Gasteiger charge is 2.17. The lowest BCUT2D eigenvalue weighted by Gasteiger charge is -2.23. The molecule has 0 aliphatic heterocycles. The summed E-state index contributed by atoms with van der Waals surface area (Å²) in [6, 6.07) is 11.3. The number of hydrogen-bond acceptors (Lipinski definition) is 1. The molecule has 2 heteroatoms. The van der Waals surface area contributed by atoms with Gasteiger partial charge in [0.05, 0.1) is 6.04 Å². The lowest BCUT2D eigenvalue weighted by Crippen LogP contribution is -2.20. The highest BCUT2D eigenvalue weighted by atomic mass is 79.9. The third-order valence-corrected chi connectivity index (χ3v) is 4.53. The molecule has 2 aromatic carbocycles. The van der Waals surface area contributed by atoms with Crippen molar-refractivity contribution in [1.29, 1.82) is 0 Å². The normalized spacial score (nSPS) is 12.5. The summed E-state index contributed by atoms with van der Waals surface area (Å²) in [5, 5.41) is 3.47. The van der Waals surface area contributed by atoms with Crippen LogP contribution in [0.5, 0.6) is 0 Å². The Morgan fingerprint density at radius 1 is 0.800 bits per heavy atom. The molecule has 0 radical (unpaired) electrons. The number of halogens is 1. The molecule has 2 rings (SSSR count). The highest BCUT2D eigenvalue weighted by Crippen LogP contribution is 2.30. The van der Waals surface area contributed by atoms with Crippen molar-refractivity contribution in [3.63, 3.8) is 0 Å². The van der Waals surface area contributed by atoms with Crippen LogP contribution >= 0.6 is 15.9 Å². The maximum Gasteiger partial charge on any atom is 0.0579 e. The summed E-state index contributed by atoms with van der Waals surface area (Å²) in [5.74, 6) is 0. The van der Waals surface area contributed by atoms with E-state index in [-0.39, 0.29) is 6.04 Å². The monoisotopic (exact) mass is 331 g/mol. The van der Waals surface area contributed by atoms with E-state index in [0.29, 0.717) is 0 Å². The van der Waals surface area contributed by atoms with E-state index in [4.69, 9.17) is 0 Å². The quantitative estimate of drug-likeness (QED) is 0.835. The smallest absolute Gasteiger partial charge is 0.0579 e. The molecule has 2 aromatic rings. The van der Waals surface area contributed by atoms with Crippen molar-refractivity contribution in [2.45, 2.75) is 33.7 Å². The molecule has 1 N–H and O–H groups in total. The van der Waals surface area contributed by atoms with E-state index in [2.05, 4.69) is 79.3 Å². The first-order valence-corrected chi connectivity index (χ1v) is 7.74. The average molecular weight is 332 g/mol. The molecule has 1 unspecified atom stereocenters. The predicted octanol–water partition coefficient (Wildman–Crippen LogP) is 4.99. The number of rotatable bonds is 3. The van der Waals surface area contributed by atoms with Crippen LogP contribution < -0.4 is 5.32 Å². The predicted molar refractivity (Wildman–Crippen MR) is 90.4 cm³/mol. The minimum absolute atomic E-state index is 0.229. The Morgan fingerprint density at radius 3 is 2.05 bits per heavy atom. The molecule has 0 spiro atoms. The molecular formula is C18H22BrN. The standard InChI is InChI=1S/C18H22BrN/c1-11-6-7-15(19)10-17(11)18(20-5)16-9-13(3)12(2)8-14(16)4/h6-10,18,20H,1-5H3. The Balaban J connectivity index is 2.58. The van der Waals surface area contributed by atoms with Crippen LogP contribution in [0.25, 0.3) is 0 Å². The topological polar surface area (TPSA) is 12.0 Å². The van der Waals surface area contributed by atoms with Crippen LogP contribution in [-0.2, 0) is 0 Å². The molecule has 0 aromatic heterocycles. The molecule has 0 aliphatic rings. The number of hydrogen-bond donors (Lipinski definition) is 1. The molecule has 20 heavy (non-hydrogen) atoms. The zero-order chi connectivity index (χ0) is 14.9. The van der Waals surface area contributed by atoms with E-state index in [1.54, 1.807) is 0 Å². The van der Waals surface area contributed by atoms with E-state index in [1.807, 2.05) is 7.05 Å². The zero-order valence-corrected chi connectivity index (χ0v) is 14.4. The second-order valence-electron chi connectivity index (χ2n) is 5.52. The molecule has 1 nitrogen and oxygen atoms in total. The van der Waals surface area contributed by atoms with Crippen molar-refractivity contribution in [2.75, 3.05) is 7.05 Å². The maximum absolute atomic E-state index is 3.58. The van der Waals surface area contributed by atoms with Gasteiger partial charge in [-0.1, -0.05) is 34.1 Å². The van der Waals surface area contributed by atoms with Gasteiger partial charge in [-0.2, -0.15) is 0 Å².